The van der Waals surface area contributed by atoms with Gasteiger partial charge in [-0.2, -0.15) is 0 Å². The molecule has 0 spiro atoms. The zero-order valence-corrected chi connectivity index (χ0v) is 10.6. The molecule has 0 aliphatic carbocycles. The molecule has 0 aromatic rings. The van der Waals surface area contributed by atoms with Crippen molar-refractivity contribution in [2.75, 3.05) is 26.2 Å². The first-order chi connectivity index (χ1) is 7.36. The van der Waals surface area contributed by atoms with Crippen molar-refractivity contribution in [3.63, 3.8) is 0 Å². The normalized spacial score (nSPS) is 17.8. The molecule has 0 amide bonds. The highest BCUT2D eigenvalue weighted by atomic mass is 15.2. The lowest BCUT2D eigenvalue weighted by molar-refractivity contribution is 0.320. The van der Waals surface area contributed by atoms with Crippen LogP contribution in [-0.2, 0) is 0 Å². The van der Waals surface area contributed by atoms with E-state index in [1.54, 1.807) is 0 Å². The van der Waals surface area contributed by atoms with Crippen molar-refractivity contribution in [2.24, 2.45) is 0 Å². The zero-order chi connectivity index (χ0) is 10.9. The van der Waals surface area contributed by atoms with E-state index >= 15 is 0 Å². The van der Waals surface area contributed by atoms with Gasteiger partial charge in [-0.1, -0.05) is 26.7 Å². The van der Waals surface area contributed by atoms with Crippen LogP contribution < -0.4 is 5.32 Å². The van der Waals surface area contributed by atoms with E-state index < -0.39 is 0 Å². The SMILES string of the molecule is CCCC(CCC)NCCN1CCCC1. The van der Waals surface area contributed by atoms with Gasteiger partial charge in [0.2, 0.25) is 0 Å². The molecule has 1 N–H and O–H groups in total. The lowest BCUT2D eigenvalue weighted by atomic mass is 10.1. The van der Waals surface area contributed by atoms with Crippen molar-refractivity contribution in [1.82, 2.24) is 10.2 Å². The minimum Gasteiger partial charge on any atom is -0.313 e. The van der Waals surface area contributed by atoms with Crippen LogP contribution in [0.1, 0.15) is 52.4 Å². The Hall–Kier alpha value is -0.0800. The third kappa shape index (κ3) is 5.53. The third-order valence-electron chi connectivity index (χ3n) is 3.33. The Balaban J connectivity index is 2.04. The summed E-state index contributed by atoms with van der Waals surface area (Å²) in [5.41, 5.74) is 0. The summed E-state index contributed by atoms with van der Waals surface area (Å²) in [4.78, 5) is 2.59. The average molecular weight is 212 g/mol. The molecule has 0 bridgehead atoms. The van der Waals surface area contributed by atoms with Crippen LogP contribution in [-0.4, -0.2) is 37.1 Å². The number of nitrogens with one attached hydrogen (secondary N) is 1. The smallest absolute Gasteiger partial charge is 0.0107 e. The van der Waals surface area contributed by atoms with Crippen LogP contribution in [0.4, 0.5) is 0 Å². The molecule has 1 aliphatic rings. The van der Waals surface area contributed by atoms with Gasteiger partial charge >= 0.3 is 0 Å². The topological polar surface area (TPSA) is 15.3 Å². The number of nitrogens with zero attached hydrogens (tertiary/aromatic N) is 1. The number of likely N-dealkylation sites (tertiary alicyclic amines) is 1. The van der Waals surface area contributed by atoms with E-state index in [4.69, 9.17) is 0 Å². The highest BCUT2D eigenvalue weighted by Crippen LogP contribution is 2.07. The summed E-state index contributed by atoms with van der Waals surface area (Å²) in [7, 11) is 0. The minimum atomic E-state index is 0.766. The first kappa shape index (κ1) is 13.0. The second kappa shape index (κ2) is 8.12. The summed E-state index contributed by atoms with van der Waals surface area (Å²) in [5.74, 6) is 0. The van der Waals surface area contributed by atoms with Crippen LogP contribution >= 0.6 is 0 Å². The number of hydrogen-bond acceptors (Lipinski definition) is 2. The summed E-state index contributed by atoms with van der Waals surface area (Å²) in [6, 6.07) is 0.766. The summed E-state index contributed by atoms with van der Waals surface area (Å²) in [5, 5.41) is 3.71. The molecule has 2 nitrogen and oxygen atoms in total. The standard InChI is InChI=1S/C13H28N2/c1-3-7-13(8-4-2)14-9-12-15-10-5-6-11-15/h13-14H,3-12H2,1-2H3. The molecule has 1 saturated heterocycles. The lowest BCUT2D eigenvalue weighted by Crippen LogP contribution is -2.36. The highest BCUT2D eigenvalue weighted by molar-refractivity contribution is 4.70. The van der Waals surface area contributed by atoms with E-state index in [2.05, 4.69) is 24.1 Å². The molecule has 15 heavy (non-hydrogen) atoms. The maximum Gasteiger partial charge on any atom is 0.0107 e. The molecule has 0 unspecified atom stereocenters. The maximum absolute atomic E-state index is 3.71. The Kier molecular flexibility index (Phi) is 7.03. The predicted molar refractivity (Wildman–Crippen MR) is 67.3 cm³/mol. The van der Waals surface area contributed by atoms with E-state index in [-0.39, 0.29) is 0 Å². The van der Waals surface area contributed by atoms with E-state index in [1.165, 1.54) is 64.7 Å². The van der Waals surface area contributed by atoms with Gasteiger partial charge in [0.05, 0.1) is 0 Å². The Bertz CT molecular complexity index is 135. The number of rotatable bonds is 8. The molecule has 1 rings (SSSR count). The molecular formula is C13H28N2. The quantitative estimate of drug-likeness (QED) is 0.665. The van der Waals surface area contributed by atoms with Gasteiger partial charge in [0.25, 0.3) is 0 Å². The molecule has 1 heterocycles. The van der Waals surface area contributed by atoms with Crippen LogP contribution in [0.3, 0.4) is 0 Å². The van der Waals surface area contributed by atoms with Crippen molar-refractivity contribution in [2.45, 2.75) is 58.4 Å². The Morgan fingerprint density at radius 2 is 1.67 bits per heavy atom. The lowest BCUT2D eigenvalue weighted by Gasteiger charge is -2.20. The van der Waals surface area contributed by atoms with E-state index in [9.17, 15) is 0 Å². The summed E-state index contributed by atoms with van der Waals surface area (Å²) in [6.45, 7) is 9.66. The number of hydrogen-bond donors (Lipinski definition) is 1. The van der Waals surface area contributed by atoms with Crippen molar-refractivity contribution >= 4 is 0 Å². The molecule has 1 fully saturated rings. The Morgan fingerprint density at radius 3 is 2.20 bits per heavy atom. The third-order valence-corrected chi connectivity index (χ3v) is 3.33. The van der Waals surface area contributed by atoms with Gasteiger partial charge in [-0.15, -0.1) is 0 Å². The van der Waals surface area contributed by atoms with Crippen LogP contribution in [0.2, 0.25) is 0 Å². The summed E-state index contributed by atoms with van der Waals surface area (Å²) in [6.07, 6.45) is 8.12. The van der Waals surface area contributed by atoms with Gasteiger partial charge in [-0.3, -0.25) is 0 Å². The van der Waals surface area contributed by atoms with Gasteiger partial charge in [-0.25, -0.2) is 0 Å². The molecule has 0 atom stereocenters. The van der Waals surface area contributed by atoms with Crippen molar-refractivity contribution in [3.8, 4) is 0 Å². The van der Waals surface area contributed by atoms with Gasteiger partial charge in [0.15, 0.2) is 0 Å². The van der Waals surface area contributed by atoms with E-state index in [1.807, 2.05) is 0 Å². The fourth-order valence-corrected chi connectivity index (χ4v) is 2.48. The largest absolute Gasteiger partial charge is 0.313 e. The maximum atomic E-state index is 3.71. The predicted octanol–water partition coefficient (Wildman–Crippen LogP) is 2.64. The average Bonchev–Trinajstić information content (AvgIpc) is 2.71. The first-order valence-corrected chi connectivity index (χ1v) is 6.82. The molecule has 2 heteroatoms. The van der Waals surface area contributed by atoms with Crippen molar-refractivity contribution in [3.05, 3.63) is 0 Å². The molecule has 90 valence electrons. The summed E-state index contributed by atoms with van der Waals surface area (Å²) >= 11 is 0. The van der Waals surface area contributed by atoms with Crippen LogP contribution in [0.15, 0.2) is 0 Å². The van der Waals surface area contributed by atoms with Crippen LogP contribution in [0, 0.1) is 0 Å². The van der Waals surface area contributed by atoms with Crippen LogP contribution in [0.25, 0.3) is 0 Å². The van der Waals surface area contributed by atoms with Gasteiger partial charge < -0.3 is 10.2 Å². The first-order valence-electron chi connectivity index (χ1n) is 6.82. The second-order valence-electron chi connectivity index (χ2n) is 4.78. The molecular weight excluding hydrogens is 184 g/mol. The summed E-state index contributed by atoms with van der Waals surface area (Å²) < 4.78 is 0. The Morgan fingerprint density at radius 1 is 1.07 bits per heavy atom. The minimum absolute atomic E-state index is 0.766. The van der Waals surface area contributed by atoms with Crippen LogP contribution in [0.5, 0.6) is 0 Å². The fourth-order valence-electron chi connectivity index (χ4n) is 2.48. The van der Waals surface area contributed by atoms with E-state index in [0.29, 0.717) is 0 Å². The van der Waals surface area contributed by atoms with Crippen molar-refractivity contribution in [1.29, 1.82) is 0 Å². The molecule has 1 aliphatic heterocycles. The van der Waals surface area contributed by atoms with Crippen molar-refractivity contribution < 1.29 is 0 Å². The molecule has 0 aromatic heterocycles. The zero-order valence-electron chi connectivity index (χ0n) is 10.6. The molecule has 0 aromatic carbocycles. The van der Waals surface area contributed by atoms with Gasteiger partial charge in [0.1, 0.15) is 0 Å². The van der Waals surface area contributed by atoms with E-state index in [0.717, 1.165) is 6.04 Å². The highest BCUT2D eigenvalue weighted by Gasteiger charge is 2.11. The molecule has 0 radical (unpaired) electrons. The monoisotopic (exact) mass is 212 g/mol. The van der Waals surface area contributed by atoms with Gasteiger partial charge in [0, 0.05) is 19.1 Å². The van der Waals surface area contributed by atoms with Gasteiger partial charge in [-0.05, 0) is 38.8 Å². The fraction of sp³-hybridized carbons (Fsp3) is 1.00. The molecule has 0 saturated carbocycles. The second-order valence-corrected chi connectivity index (χ2v) is 4.78. The Labute approximate surface area is 95.4 Å².